The lowest BCUT2D eigenvalue weighted by atomic mass is 10.1. The summed E-state index contributed by atoms with van der Waals surface area (Å²) in [5.41, 5.74) is 1.10. The highest BCUT2D eigenvalue weighted by Crippen LogP contribution is 2.29. The third-order valence-corrected chi connectivity index (χ3v) is 4.42. The molecule has 2 amide bonds. The number of rotatable bonds is 4. The Hall–Kier alpha value is -2.08. The molecule has 130 valence electrons. The molecule has 1 aromatic rings. The van der Waals surface area contributed by atoms with Crippen molar-refractivity contribution in [3.8, 4) is 5.75 Å². The molecule has 2 aliphatic heterocycles. The molecule has 1 saturated heterocycles. The third-order valence-electron chi connectivity index (χ3n) is 4.42. The normalized spacial score (nSPS) is 20.6. The van der Waals surface area contributed by atoms with Gasteiger partial charge in [-0.3, -0.25) is 14.5 Å². The number of nitrogens with zero attached hydrogens (tertiary/aromatic N) is 2. The number of hydrogen-bond donors (Lipinski definition) is 1. The first-order valence-corrected chi connectivity index (χ1v) is 8.58. The number of amides is 2. The van der Waals surface area contributed by atoms with Gasteiger partial charge in [0.15, 0.2) is 6.10 Å². The van der Waals surface area contributed by atoms with E-state index in [1.807, 2.05) is 43.0 Å². The Morgan fingerprint density at radius 3 is 2.58 bits per heavy atom. The van der Waals surface area contributed by atoms with Crippen molar-refractivity contribution in [2.45, 2.75) is 32.4 Å². The van der Waals surface area contributed by atoms with Crippen LogP contribution >= 0.6 is 0 Å². The summed E-state index contributed by atoms with van der Waals surface area (Å²) < 4.78 is 5.79. The summed E-state index contributed by atoms with van der Waals surface area (Å²) in [5.74, 6) is 0.914. The molecular weight excluding hydrogens is 306 g/mol. The molecule has 0 bridgehead atoms. The first-order valence-electron chi connectivity index (χ1n) is 8.58. The highest BCUT2D eigenvalue weighted by atomic mass is 16.5. The van der Waals surface area contributed by atoms with Crippen LogP contribution in [0.25, 0.3) is 0 Å². The van der Waals surface area contributed by atoms with Gasteiger partial charge in [0, 0.05) is 38.6 Å². The predicted octanol–water partition coefficient (Wildman–Crippen LogP) is 0.659. The third kappa shape index (κ3) is 3.87. The summed E-state index contributed by atoms with van der Waals surface area (Å²) >= 11 is 0. The van der Waals surface area contributed by atoms with Crippen molar-refractivity contribution in [1.29, 1.82) is 0 Å². The second-order valence-electron chi connectivity index (χ2n) is 6.74. The standard InChI is InChI=1S/C18H25N3O3/c1-13(2)19-17(22)12-20-7-9-21(10-8-20)18(23)16-11-14-5-3-4-6-15(14)24-16/h3-6,13,16H,7-12H2,1-2H3,(H,19,22). The van der Waals surface area contributed by atoms with Crippen molar-refractivity contribution in [2.75, 3.05) is 32.7 Å². The zero-order valence-corrected chi connectivity index (χ0v) is 14.3. The second kappa shape index (κ2) is 7.21. The van der Waals surface area contributed by atoms with Gasteiger partial charge in [0.25, 0.3) is 5.91 Å². The van der Waals surface area contributed by atoms with Crippen LogP contribution in [0.1, 0.15) is 19.4 Å². The van der Waals surface area contributed by atoms with Crippen LogP contribution in [0.3, 0.4) is 0 Å². The number of ether oxygens (including phenoxy) is 1. The van der Waals surface area contributed by atoms with Gasteiger partial charge in [-0.15, -0.1) is 0 Å². The van der Waals surface area contributed by atoms with Crippen LogP contribution in [0.15, 0.2) is 24.3 Å². The molecule has 0 aliphatic carbocycles. The Balaban J connectivity index is 1.47. The van der Waals surface area contributed by atoms with Crippen LogP contribution in [-0.2, 0) is 16.0 Å². The Bertz CT molecular complexity index is 584. The van der Waals surface area contributed by atoms with Crippen molar-refractivity contribution >= 4 is 11.8 Å². The van der Waals surface area contributed by atoms with Gasteiger partial charge in [0.2, 0.25) is 5.91 Å². The number of hydrogen-bond acceptors (Lipinski definition) is 4. The molecule has 24 heavy (non-hydrogen) atoms. The van der Waals surface area contributed by atoms with Gasteiger partial charge in [-0.25, -0.2) is 0 Å². The number of carbonyl (C=O) groups excluding carboxylic acids is 2. The van der Waals surface area contributed by atoms with E-state index in [1.165, 1.54) is 0 Å². The molecule has 1 fully saturated rings. The Morgan fingerprint density at radius 1 is 1.21 bits per heavy atom. The molecule has 0 spiro atoms. The quantitative estimate of drug-likeness (QED) is 0.880. The van der Waals surface area contributed by atoms with Gasteiger partial charge < -0.3 is 15.0 Å². The monoisotopic (exact) mass is 331 g/mol. The average molecular weight is 331 g/mol. The average Bonchev–Trinajstić information content (AvgIpc) is 2.98. The molecule has 1 aromatic carbocycles. The fraction of sp³-hybridized carbons (Fsp3) is 0.556. The molecule has 1 unspecified atom stereocenters. The molecule has 0 saturated carbocycles. The highest BCUT2D eigenvalue weighted by molar-refractivity contribution is 5.83. The number of carbonyl (C=O) groups is 2. The first kappa shape index (κ1) is 16.8. The lowest BCUT2D eigenvalue weighted by molar-refractivity contribution is -0.139. The van der Waals surface area contributed by atoms with E-state index in [-0.39, 0.29) is 17.9 Å². The van der Waals surface area contributed by atoms with Crippen LogP contribution in [0.4, 0.5) is 0 Å². The predicted molar refractivity (Wildman–Crippen MR) is 90.9 cm³/mol. The van der Waals surface area contributed by atoms with E-state index in [0.717, 1.165) is 24.4 Å². The molecule has 2 heterocycles. The summed E-state index contributed by atoms with van der Waals surface area (Å²) in [6, 6.07) is 7.96. The minimum absolute atomic E-state index is 0.0411. The summed E-state index contributed by atoms with van der Waals surface area (Å²) in [6.45, 7) is 7.02. The number of nitrogens with one attached hydrogen (secondary N) is 1. The molecule has 1 N–H and O–H groups in total. The van der Waals surface area contributed by atoms with E-state index < -0.39 is 6.10 Å². The van der Waals surface area contributed by atoms with Gasteiger partial charge in [0.05, 0.1) is 6.54 Å². The smallest absolute Gasteiger partial charge is 0.264 e. The SMILES string of the molecule is CC(C)NC(=O)CN1CCN(C(=O)C2Cc3ccccc3O2)CC1. The van der Waals surface area contributed by atoms with Crippen LogP contribution < -0.4 is 10.1 Å². The molecule has 3 rings (SSSR count). The summed E-state index contributed by atoms with van der Waals surface area (Å²) in [4.78, 5) is 28.4. The van der Waals surface area contributed by atoms with Crippen molar-refractivity contribution in [2.24, 2.45) is 0 Å². The van der Waals surface area contributed by atoms with Crippen molar-refractivity contribution in [1.82, 2.24) is 15.1 Å². The molecular formula is C18H25N3O3. The van der Waals surface area contributed by atoms with Crippen LogP contribution in [0, 0.1) is 0 Å². The van der Waals surface area contributed by atoms with E-state index in [2.05, 4.69) is 10.2 Å². The van der Waals surface area contributed by atoms with Gasteiger partial charge in [0.1, 0.15) is 5.75 Å². The minimum atomic E-state index is -0.404. The topological polar surface area (TPSA) is 61.9 Å². The fourth-order valence-corrected chi connectivity index (χ4v) is 3.22. The van der Waals surface area contributed by atoms with E-state index in [1.54, 1.807) is 0 Å². The zero-order valence-electron chi connectivity index (χ0n) is 14.3. The van der Waals surface area contributed by atoms with Gasteiger partial charge >= 0.3 is 0 Å². The maximum atomic E-state index is 12.6. The zero-order chi connectivity index (χ0) is 17.1. The molecule has 0 radical (unpaired) electrons. The van der Waals surface area contributed by atoms with E-state index in [0.29, 0.717) is 26.1 Å². The Kier molecular flexibility index (Phi) is 5.04. The number of benzene rings is 1. The van der Waals surface area contributed by atoms with Crippen molar-refractivity contribution in [3.05, 3.63) is 29.8 Å². The Morgan fingerprint density at radius 2 is 1.92 bits per heavy atom. The van der Waals surface area contributed by atoms with E-state index in [4.69, 9.17) is 4.74 Å². The van der Waals surface area contributed by atoms with Gasteiger partial charge in [-0.05, 0) is 25.5 Å². The minimum Gasteiger partial charge on any atom is -0.480 e. The molecule has 2 aliphatic rings. The van der Waals surface area contributed by atoms with Gasteiger partial charge in [-0.2, -0.15) is 0 Å². The fourth-order valence-electron chi connectivity index (χ4n) is 3.22. The lowest BCUT2D eigenvalue weighted by Gasteiger charge is -2.35. The largest absolute Gasteiger partial charge is 0.480 e. The molecule has 6 heteroatoms. The van der Waals surface area contributed by atoms with Crippen LogP contribution in [-0.4, -0.2) is 66.5 Å². The number of para-hydroxylation sites is 1. The maximum Gasteiger partial charge on any atom is 0.264 e. The van der Waals surface area contributed by atoms with Crippen LogP contribution in [0.2, 0.25) is 0 Å². The molecule has 1 atom stereocenters. The number of piperazine rings is 1. The van der Waals surface area contributed by atoms with Crippen molar-refractivity contribution < 1.29 is 14.3 Å². The summed E-state index contributed by atoms with van der Waals surface area (Å²) in [6.07, 6.45) is 0.240. The van der Waals surface area contributed by atoms with Crippen molar-refractivity contribution in [3.63, 3.8) is 0 Å². The van der Waals surface area contributed by atoms with E-state index >= 15 is 0 Å². The molecule has 6 nitrogen and oxygen atoms in total. The second-order valence-corrected chi connectivity index (χ2v) is 6.74. The van der Waals surface area contributed by atoms with Gasteiger partial charge in [-0.1, -0.05) is 18.2 Å². The Labute approximate surface area is 142 Å². The first-order chi connectivity index (χ1) is 11.5. The molecule has 0 aromatic heterocycles. The maximum absolute atomic E-state index is 12.6. The summed E-state index contributed by atoms with van der Waals surface area (Å²) in [5, 5.41) is 2.90. The van der Waals surface area contributed by atoms with E-state index in [9.17, 15) is 9.59 Å². The lowest BCUT2D eigenvalue weighted by Crippen LogP contribution is -2.54. The summed E-state index contributed by atoms with van der Waals surface area (Å²) in [7, 11) is 0. The van der Waals surface area contributed by atoms with Crippen LogP contribution in [0.5, 0.6) is 5.75 Å². The highest BCUT2D eigenvalue weighted by Gasteiger charge is 2.33. The number of fused-ring (bicyclic) bond motifs is 1.